The first kappa shape index (κ1) is 18.0. The zero-order valence-electron chi connectivity index (χ0n) is 14.6. The van der Waals surface area contributed by atoms with Crippen molar-refractivity contribution >= 4 is 45.4 Å². The zero-order valence-corrected chi connectivity index (χ0v) is 16.2. The highest BCUT2D eigenvalue weighted by atomic mass is 35.5. The lowest BCUT2D eigenvalue weighted by molar-refractivity contribution is -0.122. The molecule has 0 saturated carbocycles. The molecule has 0 radical (unpaired) electrons. The van der Waals surface area contributed by atoms with Gasteiger partial charge in [0.1, 0.15) is 11.1 Å². The number of carbonyl (C=O) groups is 2. The molecule has 5 nitrogen and oxygen atoms in total. The van der Waals surface area contributed by atoms with E-state index in [4.69, 9.17) is 11.6 Å². The number of anilines is 2. The molecule has 27 heavy (non-hydrogen) atoms. The molecule has 1 aliphatic heterocycles. The van der Waals surface area contributed by atoms with Crippen LogP contribution < -0.4 is 10.2 Å². The molecule has 138 valence electrons. The molecular weight excluding hydrogens is 382 g/mol. The molecule has 1 aromatic heterocycles. The van der Waals surface area contributed by atoms with Crippen molar-refractivity contribution in [3.05, 3.63) is 45.3 Å². The molecule has 2 heterocycles. The molecule has 1 aliphatic carbocycles. The van der Waals surface area contributed by atoms with Gasteiger partial charge in [-0.25, -0.2) is 0 Å². The van der Waals surface area contributed by atoms with Crippen molar-refractivity contribution in [1.82, 2.24) is 0 Å². The number of thiophene rings is 1. The first-order chi connectivity index (χ1) is 13.1. The average molecular weight is 400 g/mol. The van der Waals surface area contributed by atoms with Crippen molar-refractivity contribution in [2.45, 2.75) is 32.1 Å². The quantitative estimate of drug-likeness (QED) is 0.842. The van der Waals surface area contributed by atoms with Crippen molar-refractivity contribution in [3.8, 4) is 6.07 Å². The van der Waals surface area contributed by atoms with E-state index in [1.54, 1.807) is 23.1 Å². The molecule has 4 rings (SSSR count). The normalized spacial score (nSPS) is 18.9. The smallest absolute Gasteiger partial charge is 0.230 e. The van der Waals surface area contributed by atoms with E-state index in [1.807, 2.05) is 6.07 Å². The summed E-state index contributed by atoms with van der Waals surface area (Å²) in [5, 5.41) is 13.6. The van der Waals surface area contributed by atoms with Crippen LogP contribution in [0.15, 0.2) is 24.3 Å². The number of rotatable bonds is 3. The summed E-state index contributed by atoms with van der Waals surface area (Å²) >= 11 is 7.70. The van der Waals surface area contributed by atoms with Crippen LogP contribution in [0.3, 0.4) is 0 Å². The number of halogens is 1. The van der Waals surface area contributed by atoms with Crippen LogP contribution in [-0.4, -0.2) is 18.4 Å². The van der Waals surface area contributed by atoms with E-state index in [9.17, 15) is 14.9 Å². The summed E-state index contributed by atoms with van der Waals surface area (Å²) in [6.07, 6.45) is 4.20. The second kappa shape index (κ2) is 7.34. The third-order valence-electron chi connectivity index (χ3n) is 5.16. The number of hydrogen-bond donors (Lipinski definition) is 1. The largest absolute Gasteiger partial charge is 0.316 e. The third kappa shape index (κ3) is 3.33. The minimum atomic E-state index is -0.459. The van der Waals surface area contributed by atoms with Crippen LogP contribution in [0.5, 0.6) is 0 Å². The second-order valence-corrected chi connectivity index (χ2v) is 8.39. The fourth-order valence-electron chi connectivity index (χ4n) is 3.77. The van der Waals surface area contributed by atoms with Crippen LogP contribution >= 0.6 is 22.9 Å². The van der Waals surface area contributed by atoms with E-state index in [2.05, 4.69) is 11.4 Å². The third-order valence-corrected chi connectivity index (χ3v) is 6.69. The van der Waals surface area contributed by atoms with Crippen molar-refractivity contribution in [1.29, 1.82) is 5.26 Å². The van der Waals surface area contributed by atoms with Crippen LogP contribution in [0.2, 0.25) is 5.02 Å². The molecule has 0 spiro atoms. The number of para-hydroxylation sites is 1. The Balaban J connectivity index is 1.52. The molecule has 1 fully saturated rings. The van der Waals surface area contributed by atoms with Gasteiger partial charge in [-0.2, -0.15) is 5.26 Å². The first-order valence-electron chi connectivity index (χ1n) is 8.99. The number of fused-ring (bicyclic) bond motifs is 1. The molecule has 1 N–H and O–H groups in total. The maximum atomic E-state index is 12.8. The van der Waals surface area contributed by atoms with Crippen molar-refractivity contribution < 1.29 is 9.59 Å². The highest BCUT2D eigenvalue weighted by Crippen LogP contribution is 2.38. The molecule has 1 unspecified atom stereocenters. The summed E-state index contributed by atoms with van der Waals surface area (Å²) in [5.74, 6) is -0.790. The molecular formula is C20H18ClN3O2S. The van der Waals surface area contributed by atoms with Gasteiger partial charge < -0.3 is 10.2 Å². The average Bonchev–Trinajstić information content (AvgIpc) is 3.22. The fourth-order valence-corrected chi connectivity index (χ4v) is 5.25. The molecule has 2 aromatic rings. The van der Waals surface area contributed by atoms with E-state index in [0.29, 0.717) is 27.8 Å². The topological polar surface area (TPSA) is 73.2 Å². The maximum Gasteiger partial charge on any atom is 0.230 e. The highest BCUT2D eigenvalue weighted by molar-refractivity contribution is 7.16. The second-order valence-electron chi connectivity index (χ2n) is 6.87. The fraction of sp³-hybridized carbons (Fsp3) is 0.350. The van der Waals surface area contributed by atoms with Gasteiger partial charge in [0, 0.05) is 17.8 Å². The van der Waals surface area contributed by atoms with Gasteiger partial charge >= 0.3 is 0 Å². The number of amides is 2. The van der Waals surface area contributed by atoms with Crippen LogP contribution in [0, 0.1) is 17.2 Å². The van der Waals surface area contributed by atoms with E-state index in [0.717, 1.165) is 31.2 Å². The Kier molecular flexibility index (Phi) is 4.90. The molecule has 7 heteroatoms. The van der Waals surface area contributed by atoms with Crippen LogP contribution in [-0.2, 0) is 22.4 Å². The first-order valence-corrected chi connectivity index (χ1v) is 10.2. The number of nitriles is 1. The monoisotopic (exact) mass is 399 g/mol. The van der Waals surface area contributed by atoms with Gasteiger partial charge in [-0.3, -0.25) is 9.59 Å². The molecule has 2 aliphatic rings. The number of hydrogen-bond acceptors (Lipinski definition) is 4. The summed E-state index contributed by atoms with van der Waals surface area (Å²) < 4.78 is 0. The lowest BCUT2D eigenvalue weighted by atomic mass is 9.96. The van der Waals surface area contributed by atoms with E-state index in [1.165, 1.54) is 16.2 Å². The molecule has 1 aromatic carbocycles. The van der Waals surface area contributed by atoms with E-state index in [-0.39, 0.29) is 18.2 Å². The van der Waals surface area contributed by atoms with Gasteiger partial charge in [0.25, 0.3) is 0 Å². The number of nitrogens with zero attached hydrogens (tertiary/aromatic N) is 2. The van der Waals surface area contributed by atoms with Crippen molar-refractivity contribution in [2.75, 3.05) is 16.8 Å². The number of aryl methyl sites for hydroxylation is 1. The minimum absolute atomic E-state index is 0.116. The number of carbonyl (C=O) groups excluding carboxylic acids is 2. The Bertz CT molecular complexity index is 963. The van der Waals surface area contributed by atoms with Crippen molar-refractivity contribution in [3.63, 3.8) is 0 Å². The zero-order chi connectivity index (χ0) is 19.0. The maximum absolute atomic E-state index is 12.8. The Hall–Kier alpha value is -2.36. The number of nitrogens with one attached hydrogen (secondary N) is 1. The predicted octanol–water partition coefficient (Wildman–Crippen LogP) is 4.14. The van der Waals surface area contributed by atoms with Gasteiger partial charge in [0.15, 0.2) is 0 Å². The van der Waals surface area contributed by atoms with Crippen LogP contribution in [0.1, 0.15) is 35.3 Å². The highest BCUT2D eigenvalue weighted by Gasteiger charge is 2.36. The molecule has 1 saturated heterocycles. The van der Waals surface area contributed by atoms with Crippen molar-refractivity contribution in [2.24, 2.45) is 5.92 Å². The van der Waals surface area contributed by atoms with Gasteiger partial charge in [-0.1, -0.05) is 23.7 Å². The van der Waals surface area contributed by atoms with Gasteiger partial charge in [0.2, 0.25) is 11.8 Å². The molecule has 2 amide bonds. The standard InChI is InChI=1S/C20H18ClN3O2S/c21-15-6-2-3-7-16(15)24-11-12(9-18(24)25)19(26)23-20-14(10-22)13-5-1-4-8-17(13)27-20/h2-3,6-7,12H,1,4-5,8-9,11H2,(H,23,26). The Labute approximate surface area is 166 Å². The molecule has 0 bridgehead atoms. The minimum Gasteiger partial charge on any atom is -0.316 e. The summed E-state index contributed by atoms with van der Waals surface area (Å²) in [6, 6.07) is 9.38. The molecule has 1 atom stereocenters. The van der Waals surface area contributed by atoms with Gasteiger partial charge in [0.05, 0.1) is 22.2 Å². The lowest BCUT2D eigenvalue weighted by Gasteiger charge is -2.17. The lowest BCUT2D eigenvalue weighted by Crippen LogP contribution is -2.28. The van der Waals surface area contributed by atoms with Gasteiger partial charge in [-0.05, 0) is 43.4 Å². The Morgan fingerprint density at radius 3 is 2.85 bits per heavy atom. The number of benzene rings is 1. The summed E-state index contributed by atoms with van der Waals surface area (Å²) in [7, 11) is 0. The predicted molar refractivity (Wildman–Crippen MR) is 106 cm³/mol. The van der Waals surface area contributed by atoms with E-state index < -0.39 is 5.92 Å². The summed E-state index contributed by atoms with van der Waals surface area (Å²) in [6.45, 7) is 0.293. The van der Waals surface area contributed by atoms with Crippen LogP contribution in [0.25, 0.3) is 0 Å². The van der Waals surface area contributed by atoms with Crippen LogP contribution in [0.4, 0.5) is 10.7 Å². The van der Waals surface area contributed by atoms with Gasteiger partial charge in [-0.15, -0.1) is 11.3 Å². The Morgan fingerprint density at radius 1 is 1.30 bits per heavy atom. The van der Waals surface area contributed by atoms with E-state index >= 15 is 0 Å². The SMILES string of the molecule is N#Cc1c(NC(=O)C2CC(=O)N(c3ccccc3Cl)C2)sc2c1CCCC2. The summed E-state index contributed by atoms with van der Waals surface area (Å²) in [4.78, 5) is 28.0. The Morgan fingerprint density at radius 2 is 2.07 bits per heavy atom. The summed E-state index contributed by atoms with van der Waals surface area (Å²) in [5.41, 5.74) is 2.31.